The van der Waals surface area contributed by atoms with Crippen LogP contribution in [-0.4, -0.2) is 31.0 Å². The van der Waals surface area contributed by atoms with Crippen molar-refractivity contribution in [2.45, 2.75) is 51.4 Å². The first kappa shape index (κ1) is 14.8. The van der Waals surface area contributed by atoms with Crippen molar-refractivity contribution in [2.75, 3.05) is 11.5 Å². The van der Waals surface area contributed by atoms with Crippen LogP contribution in [0, 0.1) is 17.8 Å². The van der Waals surface area contributed by atoms with Gasteiger partial charge in [0.15, 0.2) is 9.84 Å². The maximum Gasteiger partial charge on any atom is 0.307 e. The second-order valence-electron chi connectivity index (χ2n) is 6.20. The molecular formula is C14H24O4S. The van der Waals surface area contributed by atoms with Gasteiger partial charge in [0.2, 0.25) is 0 Å². The molecule has 0 aromatic rings. The molecule has 1 aliphatic carbocycles. The van der Waals surface area contributed by atoms with Gasteiger partial charge in [-0.2, -0.15) is 0 Å². The topological polar surface area (TPSA) is 71.4 Å². The summed E-state index contributed by atoms with van der Waals surface area (Å²) in [4.78, 5) is 11.3. The molecule has 0 aromatic heterocycles. The molecule has 2 rings (SSSR count). The van der Waals surface area contributed by atoms with Crippen LogP contribution in [-0.2, 0) is 14.6 Å². The second-order valence-corrected chi connectivity index (χ2v) is 8.43. The summed E-state index contributed by atoms with van der Waals surface area (Å²) < 4.78 is 23.2. The molecule has 1 saturated heterocycles. The molecule has 0 amide bonds. The van der Waals surface area contributed by atoms with Gasteiger partial charge < -0.3 is 5.11 Å². The summed E-state index contributed by atoms with van der Waals surface area (Å²) in [5.74, 6) is -0.920. The van der Waals surface area contributed by atoms with Gasteiger partial charge in [0.25, 0.3) is 0 Å². The zero-order valence-corrected chi connectivity index (χ0v) is 12.2. The maximum absolute atomic E-state index is 11.6. The van der Waals surface area contributed by atoms with E-state index in [1.165, 1.54) is 38.5 Å². The summed E-state index contributed by atoms with van der Waals surface area (Å²) >= 11 is 0. The first-order valence-corrected chi connectivity index (χ1v) is 9.23. The number of hydrogen-bond acceptors (Lipinski definition) is 3. The van der Waals surface area contributed by atoms with Crippen molar-refractivity contribution in [3.05, 3.63) is 0 Å². The van der Waals surface area contributed by atoms with Crippen molar-refractivity contribution in [2.24, 2.45) is 17.8 Å². The Morgan fingerprint density at radius 3 is 2.26 bits per heavy atom. The van der Waals surface area contributed by atoms with E-state index in [1.54, 1.807) is 0 Å². The molecular weight excluding hydrogens is 264 g/mol. The van der Waals surface area contributed by atoms with E-state index < -0.39 is 21.7 Å². The summed E-state index contributed by atoms with van der Waals surface area (Å²) in [6, 6.07) is 0. The van der Waals surface area contributed by atoms with Crippen LogP contribution in [0.25, 0.3) is 0 Å². The van der Waals surface area contributed by atoms with Crippen LogP contribution >= 0.6 is 0 Å². The number of rotatable bonds is 3. The predicted molar refractivity (Wildman–Crippen MR) is 73.7 cm³/mol. The minimum absolute atomic E-state index is 0.0594. The maximum atomic E-state index is 11.6. The fraction of sp³-hybridized carbons (Fsp3) is 0.929. The number of sulfone groups is 1. The molecule has 2 aliphatic rings. The van der Waals surface area contributed by atoms with Crippen LogP contribution in [0.3, 0.4) is 0 Å². The van der Waals surface area contributed by atoms with Crippen molar-refractivity contribution in [1.82, 2.24) is 0 Å². The zero-order valence-electron chi connectivity index (χ0n) is 11.4. The summed E-state index contributed by atoms with van der Waals surface area (Å²) in [6.07, 6.45) is 8.89. The molecule has 5 heteroatoms. The predicted octanol–water partition coefficient (Wildman–Crippen LogP) is 2.48. The Morgan fingerprint density at radius 2 is 1.68 bits per heavy atom. The van der Waals surface area contributed by atoms with Gasteiger partial charge in [-0.1, -0.05) is 38.5 Å². The summed E-state index contributed by atoms with van der Waals surface area (Å²) in [5.41, 5.74) is 0. The molecule has 0 aromatic carbocycles. The van der Waals surface area contributed by atoms with Crippen LogP contribution in [0.5, 0.6) is 0 Å². The summed E-state index contributed by atoms with van der Waals surface area (Å²) in [7, 11) is -3.14. The van der Waals surface area contributed by atoms with Gasteiger partial charge in [0.1, 0.15) is 0 Å². The number of carboxylic acid groups (broad SMARTS) is 1. The smallest absolute Gasteiger partial charge is 0.307 e. The van der Waals surface area contributed by atoms with E-state index >= 15 is 0 Å². The highest BCUT2D eigenvalue weighted by Crippen LogP contribution is 2.35. The largest absolute Gasteiger partial charge is 0.481 e. The van der Waals surface area contributed by atoms with Gasteiger partial charge in [-0.15, -0.1) is 0 Å². The SMILES string of the molecule is O=C(O)C1CS(=O)(=O)CCC1CC1CCCCCC1. The van der Waals surface area contributed by atoms with E-state index in [0.29, 0.717) is 12.3 Å². The van der Waals surface area contributed by atoms with E-state index in [0.717, 1.165) is 6.42 Å². The van der Waals surface area contributed by atoms with Gasteiger partial charge in [-0.3, -0.25) is 4.79 Å². The zero-order chi connectivity index (χ0) is 13.9. The van der Waals surface area contributed by atoms with Crippen molar-refractivity contribution in [1.29, 1.82) is 0 Å². The highest BCUT2D eigenvalue weighted by Gasteiger charge is 2.38. The van der Waals surface area contributed by atoms with Crippen molar-refractivity contribution in [3.63, 3.8) is 0 Å². The molecule has 1 heterocycles. The molecule has 0 radical (unpaired) electrons. The van der Waals surface area contributed by atoms with Crippen molar-refractivity contribution < 1.29 is 18.3 Å². The van der Waals surface area contributed by atoms with Crippen molar-refractivity contribution in [3.8, 4) is 0 Å². The van der Waals surface area contributed by atoms with Gasteiger partial charge in [0, 0.05) is 0 Å². The van der Waals surface area contributed by atoms with E-state index in [1.807, 2.05) is 0 Å². The molecule has 2 fully saturated rings. The quantitative estimate of drug-likeness (QED) is 0.810. The van der Waals surface area contributed by atoms with Crippen molar-refractivity contribution >= 4 is 15.8 Å². The molecule has 4 nitrogen and oxygen atoms in total. The molecule has 2 atom stereocenters. The molecule has 2 unspecified atom stereocenters. The Bertz CT molecular complexity index is 407. The van der Waals surface area contributed by atoms with Crippen LogP contribution in [0.1, 0.15) is 51.4 Å². The van der Waals surface area contributed by atoms with Gasteiger partial charge in [-0.25, -0.2) is 8.42 Å². The Morgan fingerprint density at radius 1 is 1.05 bits per heavy atom. The number of carboxylic acids is 1. The third-order valence-corrected chi connectivity index (χ3v) is 6.45. The average molecular weight is 288 g/mol. The number of carbonyl (C=O) groups is 1. The van der Waals surface area contributed by atoms with Crippen LogP contribution in [0.2, 0.25) is 0 Å². The second kappa shape index (κ2) is 6.25. The van der Waals surface area contributed by atoms with Crippen LogP contribution in [0.4, 0.5) is 0 Å². The Labute approximate surface area is 115 Å². The summed E-state index contributed by atoms with van der Waals surface area (Å²) in [5, 5.41) is 9.26. The molecule has 1 aliphatic heterocycles. The summed E-state index contributed by atoms with van der Waals surface area (Å²) in [6.45, 7) is 0. The Hall–Kier alpha value is -0.580. The highest BCUT2D eigenvalue weighted by atomic mass is 32.2. The third kappa shape index (κ3) is 4.20. The molecule has 110 valence electrons. The molecule has 0 spiro atoms. The number of hydrogen-bond donors (Lipinski definition) is 1. The fourth-order valence-corrected chi connectivity index (χ4v) is 5.40. The lowest BCUT2D eigenvalue weighted by Gasteiger charge is -2.31. The lowest BCUT2D eigenvalue weighted by Crippen LogP contribution is -2.38. The van der Waals surface area contributed by atoms with Gasteiger partial charge in [-0.05, 0) is 24.7 Å². The molecule has 1 N–H and O–H groups in total. The number of aliphatic carboxylic acids is 1. The molecule has 0 bridgehead atoms. The lowest BCUT2D eigenvalue weighted by atomic mass is 9.80. The normalized spacial score (nSPS) is 32.6. The highest BCUT2D eigenvalue weighted by molar-refractivity contribution is 7.91. The van der Waals surface area contributed by atoms with E-state index in [2.05, 4.69) is 0 Å². The van der Waals surface area contributed by atoms with Gasteiger partial charge >= 0.3 is 5.97 Å². The minimum atomic E-state index is -3.14. The van der Waals surface area contributed by atoms with Crippen LogP contribution in [0.15, 0.2) is 0 Å². The lowest BCUT2D eigenvalue weighted by molar-refractivity contribution is -0.143. The minimum Gasteiger partial charge on any atom is -0.481 e. The Kier molecular flexibility index (Phi) is 4.87. The van der Waals surface area contributed by atoms with E-state index in [9.17, 15) is 18.3 Å². The molecule has 1 saturated carbocycles. The van der Waals surface area contributed by atoms with Gasteiger partial charge in [0.05, 0.1) is 17.4 Å². The standard InChI is InChI=1S/C14H24O4S/c15-14(16)13-10-19(17,18)8-7-12(13)9-11-5-3-1-2-4-6-11/h11-13H,1-10H2,(H,15,16). The fourth-order valence-electron chi connectivity index (χ4n) is 3.61. The average Bonchev–Trinajstić information content (AvgIpc) is 2.59. The monoisotopic (exact) mass is 288 g/mol. The Balaban J connectivity index is 1.99. The van der Waals surface area contributed by atoms with E-state index in [4.69, 9.17) is 0 Å². The first-order chi connectivity index (χ1) is 8.98. The van der Waals surface area contributed by atoms with E-state index in [-0.39, 0.29) is 17.4 Å². The molecule has 19 heavy (non-hydrogen) atoms. The first-order valence-electron chi connectivity index (χ1n) is 7.41. The third-order valence-electron chi connectivity index (χ3n) is 4.73. The van der Waals surface area contributed by atoms with Crippen LogP contribution < -0.4 is 0 Å².